The number of halogens is 1. The van der Waals surface area contributed by atoms with Crippen molar-refractivity contribution >= 4 is 23.2 Å². The van der Waals surface area contributed by atoms with Crippen LogP contribution in [-0.4, -0.2) is 23.7 Å². The van der Waals surface area contributed by atoms with Gasteiger partial charge in [0.2, 0.25) is 0 Å². The SMILES string of the molecule is COc1cc(Cl)c(C)cc1NC(=O)C(C)(C)O. The van der Waals surface area contributed by atoms with Gasteiger partial charge in [0, 0.05) is 11.1 Å². The van der Waals surface area contributed by atoms with Crippen LogP contribution in [0.3, 0.4) is 0 Å². The first-order valence-corrected chi connectivity index (χ1v) is 5.51. The minimum atomic E-state index is -1.45. The van der Waals surface area contributed by atoms with Crippen molar-refractivity contribution in [1.82, 2.24) is 0 Å². The van der Waals surface area contributed by atoms with Gasteiger partial charge in [0.05, 0.1) is 12.8 Å². The molecule has 0 aliphatic heterocycles. The van der Waals surface area contributed by atoms with E-state index in [-0.39, 0.29) is 0 Å². The Balaban J connectivity index is 3.06. The summed E-state index contributed by atoms with van der Waals surface area (Å²) < 4.78 is 5.11. The van der Waals surface area contributed by atoms with Gasteiger partial charge >= 0.3 is 0 Å². The van der Waals surface area contributed by atoms with Crippen LogP contribution in [0.4, 0.5) is 5.69 Å². The van der Waals surface area contributed by atoms with Crippen molar-refractivity contribution in [2.75, 3.05) is 12.4 Å². The Morgan fingerprint density at radius 3 is 2.53 bits per heavy atom. The third kappa shape index (κ3) is 3.35. The highest BCUT2D eigenvalue weighted by atomic mass is 35.5. The zero-order valence-electron chi connectivity index (χ0n) is 10.3. The summed E-state index contributed by atoms with van der Waals surface area (Å²) in [5, 5.41) is 12.7. The first kappa shape index (κ1) is 13.8. The van der Waals surface area contributed by atoms with Crippen LogP contribution < -0.4 is 10.1 Å². The number of nitrogens with one attached hydrogen (secondary N) is 1. The van der Waals surface area contributed by atoms with E-state index in [0.29, 0.717) is 16.5 Å². The van der Waals surface area contributed by atoms with Crippen molar-refractivity contribution in [1.29, 1.82) is 0 Å². The number of rotatable bonds is 3. The van der Waals surface area contributed by atoms with Crippen LogP contribution in [0.2, 0.25) is 5.02 Å². The highest BCUT2D eigenvalue weighted by Gasteiger charge is 2.24. The molecule has 0 saturated heterocycles. The number of aliphatic hydroxyl groups is 1. The number of hydrogen-bond donors (Lipinski definition) is 2. The number of carbonyl (C=O) groups is 1. The number of amides is 1. The first-order valence-electron chi connectivity index (χ1n) is 5.13. The number of benzene rings is 1. The quantitative estimate of drug-likeness (QED) is 0.874. The van der Waals surface area contributed by atoms with Crippen LogP contribution in [0.25, 0.3) is 0 Å². The third-order valence-corrected chi connectivity index (χ3v) is 2.69. The fourth-order valence-corrected chi connectivity index (χ4v) is 1.36. The molecule has 0 unspecified atom stereocenters. The molecular formula is C12H16ClNO3. The molecule has 0 heterocycles. The van der Waals surface area contributed by atoms with Crippen molar-refractivity contribution in [3.8, 4) is 5.75 Å². The lowest BCUT2D eigenvalue weighted by atomic mass is 10.1. The molecule has 17 heavy (non-hydrogen) atoms. The second-order valence-corrected chi connectivity index (χ2v) is 4.72. The Labute approximate surface area is 106 Å². The third-order valence-electron chi connectivity index (χ3n) is 2.28. The molecule has 1 aromatic carbocycles. The van der Waals surface area contributed by atoms with Gasteiger partial charge in [-0.2, -0.15) is 0 Å². The zero-order valence-corrected chi connectivity index (χ0v) is 11.1. The summed E-state index contributed by atoms with van der Waals surface area (Å²) in [4.78, 5) is 11.6. The van der Waals surface area contributed by atoms with Gasteiger partial charge in [0.25, 0.3) is 5.91 Å². The Hall–Kier alpha value is -1.26. The van der Waals surface area contributed by atoms with Crippen LogP contribution in [-0.2, 0) is 4.79 Å². The van der Waals surface area contributed by atoms with Crippen molar-refractivity contribution < 1.29 is 14.6 Å². The molecule has 1 amide bonds. The van der Waals surface area contributed by atoms with Crippen molar-refractivity contribution in [3.05, 3.63) is 22.7 Å². The number of anilines is 1. The van der Waals surface area contributed by atoms with Gasteiger partial charge in [0.15, 0.2) is 0 Å². The van der Waals surface area contributed by atoms with Gasteiger partial charge in [0.1, 0.15) is 11.4 Å². The molecule has 0 atom stereocenters. The zero-order chi connectivity index (χ0) is 13.2. The Kier molecular flexibility index (Phi) is 4.01. The number of methoxy groups -OCH3 is 1. The normalized spacial score (nSPS) is 11.2. The number of aryl methyl sites for hydroxylation is 1. The smallest absolute Gasteiger partial charge is 0.255 e. The maximum Gasteiger partial charge on any atom is 0.255 e. The summed E-state index contributed by atoms with van der Waals surface area (Å²) >= 11 is 5.95. The first-order chi connectivity index (χ1) is 7.75. The Bertz CT molecular complexity index is 438. The van der Waals surface area contributed by atoms with Gasteiger partial charge in [-0.25, -0.2) is 0 Å². The monoisotopic (exact) mass is 257 g/mol. The second kappa shape index (κ2) is 4.94. The number of hydrogen-bond acceptors (Lipinski definition) is 3. The standard InChI is InChI=1S/C12H16ClNO3/c1-7-5-9(10(17-4)6-8(7)13)14-11(15)12(2,3)16/h5-6,16H,1-4H3,(H,14,15). The van der Waals surface area contributed by atoms with E-state index in [1.165, 1.54) is 21.0 Å². The van der Waals surface area contributed by atoms with Crippen molar-refractivity contribution in [2.45, 2.75) is 26.4 Å². The number of carbonyl (C=O) groups excluding carboxylic acids is 1. The summed E-state index contributed by atoms with van der Waals surface area (Å²) in [6, 6.07) is 3.32. The average molecular weight is 258 g/mol. The largest absolute Gasteiger partial charge is 0.495 e. The molecule has 0 saturated carbocycles. The van der Waals surface area contributed by atoms with E-state index in [1.807, 2.05) is 6.92 Å². The molecule has 0 aliphatic carbocycles. The molecule has 1 rings (SSSR count). The van der Waals surface area contributed by atoms with Gasteiger partial charge in [-0.15, -0.1) is 0 Å². The molecule has 1 aromatic rings. The lowest BCUT2D eigenvalue weighted by Crippen LogP contribution is -2.36. The molecular weight excluding hydrogens is 242 g/mol. The Morgan fingerprint density at radius 1 is 1.47 bits per heavy atom. The van der Waals surface area contributed by atoms with Gasteiger partial charge in [-0.05, 0) is 32.4 Å². The fourth-order valence-electron chi connectivity index (χ4n) is 1.21. The van der Waals surface area contributed by atoms with Crippen molar-refractivity contribution in [2.24, 2.45) is 0 Å². The molecule has 0 radical (unpaired) electrons. The molecule has 4 nitrogen and oxygen atoms in total. The second-order valence-electron chi connectivity index (χ2n) is 4.31. The maximum atomic E-state index is 11.6. The molecule has 0 aliphatic rings. The summed E-state index contributed by atoms with van der Waals surface area (Å²) in [5.74, 6) is -0.0456. The van der Waals surface area contributed by atoms with E-state index in [1.54, 1.807) is 12.1 Å². The lowest BCUT2D eigenvalue weighted by molar-refractivity contribution is -0.130. The van der Waals surface area contributed by atoms with E-state index in [9.17, 15) is 9.90 Å². The highest BCUT2D eigenvalue weighted by Crippen LogP contribution is 2.31. The van der Waals surface area contributed by atoms with E-state index >= 15 is 0 Å². The predicted molar refractivity (Wildman–Crippen MR) is 67.7 cm³/mol. The van der Waals surface area contributed by atoms with Crippen LogP contribution in [0.5, 0.6) is 5.75 Å². The maximum absolute atomic E-state index is 11.6. The minimum Gasteiger partial charge on any atom is -0.495 e. The average Bonchev–Trinajstić information content (AvgIpc) is 2.21. The number of ether oxygens (including phenoxy) is 1. The van der Waals surface area contributed by atoms with E-state index < -0.39 is 11.5 Å². The van der Waals surface area contributed by atoms with Gasteiger partial charge in [-0.1, -0.05) is 11.6 Å². The predicted octanol–water partition coefficient (Wildman–Crippen LogP) is 2.37. The van der Waals surface area contributed by atoms with E-state index in [0.717, 1.165) is 5.56 Å². The molecule has 94 valence electrons. The fraction of sp³-hybridized carbons (Fsp3) is 0.417. The minimum absolute atomic E-state index is 0.457. The van der Waals surface area contributed by atoms with Crippen LogP contribution in [0.15, 0.2) is 12.1 Å². The van der Waals surface area contributed by atoms with Crippen LogP contribution >= 0.6 is 11.6 Å². The summed E-state index contributed by atoms with van der Waals surface area (Å²) in [5.41, 5.74) is -0.140. The van der Waals surface area contributed by atoms with E-state index in [2.05, 4.69) is 5.32 Å². The van der Waals surface area contributed by atoms with E-state index in [4.69, 9.17) is 16.3 Å². The lowest BCUT2D eigenvalue weighted by Gasteiger charge is -2.18. The summed E-state index contributed by atoms with van der Waals surface area (Å²) in [7, 11) is 1.49. The highest BCUT2D eigenvalue weighted by molar-refractivity contribution is 6.31. The van der Waals surface area contributed by atoms with Crippen LogP contribution in [0, 0.1) is 6.92 Å². The summed E-state index contributed by atoms with van der Waals surface area (Å²) in [6.45, 7) is 4.65. The topological polar surface area (TPSA) is 58.6 Å². The molecule has 5 heteroatoms. The molecule has 0 spiro atoms. The molecule has 2 N–H and O–H groups in total. The summed E-state index contributed by atoms with van der Waals surface area (Å²) in [6.07, 6.45) is 0. The molecule has 0 aromatic heterocycles. The van der Waals surface area contributed by atoms with Gasteiger partial charge < -0.3 is 15.2 Å². The van der Waals surface area contributed by atoms with Crippen molar-refractivity contribution in [3.63, 3.8) is 0 Å². The Morgan fingerprint density at radius 2 is 2.06 bits per heavy atom. The molecule has 0 bridgehead atoms. The van der Waals surface area contributed by atoms with Crippen LogP contribution in [0.1, 0.15) is 19.4 Å². The molecule has 0 fully saturated rings. The van der Waals surface area contributed by atoms with Gasteiger partial charge in [-0.3, -0.25) is 4.79 Å².